The molecule has 1 atom stereocenters. The number of urea groups is 2. The third-order valence-electron chi connectivity index (χ3n) is 6.73. The van der Waals surface area contributed by atoms with Gasteiger partial charge >= 0.3 is 18.0 Å². The standard InChI is InChI=1S/C28H43N5O6/c1-8-33-21(18-31-13-10-14-32(16-15-31)27(36)30-28(3,4)5)23(25(34)39-9-2)24(29-26(33)35)20-17-19(37-6)11-12-22(20)38-7/h11-12,17,24H,8-10,13-16,18H2,1-7H3,(H,29,35)(H,30,36)/t24-/m1/s1. The zero-order valence-corrected chi connectivity index (χ0v) is 24.3. The number of amides is 4. The Morgan fingerprint density at radius 2 is 1.82 bits per heavy atom. The van der Waals surface area contributed by atoms with Gasteiger partial charge in [0.1, 0.15) is 11.5 Å². The van der Waals surface area contributed by atoms with Crippen molar-refractivity contribution in [3.05, 3.63) is 35.0 Å². The molecule has 0 bridgehead atoms. The van der Waals surface area contributed by atoms with Crippen LogP contribution in [0.1, 0.15) is 52.6 Å². The molecule has 11 nitrogen and oxygen atoms in total. The van der Waals surface area contributed by atoms with E-state index in [1.807, 2.05) is 32.6 Å². The number of carbonyl (C=O) groups is 3. The largest absolute Gasteiger partial charge is 0.497 e. The van der Waals surface area contributed by atoms with Gasteiger partial charge in [-0.25, -0.2) is 14.4 Å². The van der Waals surface area contributed by atoms with E-state index in [9.17, 15) is 14.4 Å². The minimum atomic E-state index is -0.791. The predicted octanol–water partition coefficient (Wildman–Crippen LogP) is 3.12. The van der Waals surface area contributed by atoms with Crippen LogP contribution in [0.4, 0.5) is 9.59 Å². The first-order chi connectivity index (χ1) is 18.5. The van der Waals surface area contributed by atoms with Crippen molar-refractivity contribution in [2.75, 3.05) is 60.1 Å². The zero-order valence-electron chi connectivity index (χ0n) is 24.3. The molecule has 216 valence electrons. The van der Waals surface area contributed by atoms with Crippen molar-refractivity contribution in [2.45, 2.75) is 52.6 Å². The summed E-state index contributed by atoms with van der Waals surface area (Å²) in [5, 5.41) is 6.02. The second-order valence-electron chi connectivity index (χ2n) is 10.6. The first-order valence-electron chi connectivity index (χ1n) is 13.5. The van der Waals surface area contributed by atoms with Crippen LogP contribution in [-0.4, -0.2) is 98.4 Å². The Morgan fingerprint density at radius 3 is 2.44 bits per heavy atom. The first kappa shape index (κ1) is 30.1. The highest BCUT2D eigenvalue weighted by Crippen LogP contribution is 2.38. The average molecular weight is 546 g/mol. The quantitative estimate of drug-likeness (QED) is 0.483. The van der Waals surface area contributed by atoms with Crippen LogP contribution in [0.5, 0.6) is 11.5 Å². The third-order valence-corrected chi connectivity index (χ3v) is 6.73. The summed E-state index contributed by atoms with van der Waals surface area (Å²) >= 11 is 0. The molecule has 4 amide bonds. The number of nitrogens with one attached hydrogen (secondary N) is 2. The lowest BCUT2D eigenvalue weighted by atomic mass is 9.93. The Bertz CT molecular complexity index is 1080. The predicted molar refractivity (Wildman–Crippen MR) is 148 cm³/mol. The topological polar surface area (TPSA) is 113 Å². The molecule has 3 rings (SSSR count). The highest BCUT2D eigenvalue weighted by Gasteiger charge is 2.39. The number of rotatable bonds is 8. The maximum Gasteiger partial charge on any atom is 0.338 e. The molecule has 2 heterocycles. The highest BCUT2D eigenvalue weighted by atomic mass is 16.5. The number of nitrogens with zero attached hydrogens (tertiary/aromatic N) is 3. The fourth-order valence-electron chi connectivity index (χ4n) is 4.90. The third kappa shape index (κ3) is 7.35. The molecule has 0 unspecified atom stereocenters. The highest BCUT2D eigenvalue weighted by molar-refractivity contribution is 5.95. The molecule has 0 spiro atoms. The van der Waals surface area contributed by atoms with E-state index in [1.165, 1.54) is 0 Å². The number of carbonyl (C=O) groups excluding carboxylic acids is 3. The second-order valence-corrected chi connectivity index (χ2v) is 10.6. The fourth-order valence-corrected chi connectivity index (χ4v) is 4.90. The van der Waals surface area contributed by atoms with Gasteiger partial charge in [0.25, 0.3) is 0 Å². The van der Waals surface area contributed by atoms with E-state index >= 15 is 0 Å². The molecule has 1 fully saturated rings. The van der Waals surface area contributed by atoms with Crippen molar-refractivity contribution in [1.29, 1.82) is 0 Å². The van der Waals surface area contributed by atoms with Gasteiger partial charge in [0.2, 0.25) is 0 Å². The molecular weight excluding hydrogens is 502 g/mol. The van der Waals surface area contributed by atoms with Gasteiger partial charge in [0.15, 0.2) is 0 Å². The van der Waals surface area contributed by atoms with Gasteiger partial charge in [-0.1, -0.05) is 0 Å². The fraction of sp³-hybridized carbons (Fsp3) is 0.607. The van der Waals surface area contributed by atoms with Gasteiger partial charge in [-0.15, -0.1) is 0 Å². The number of ether oxygens (including phenoxy) is 3. The van der Waals surface area contributed by atoms with Crippen molar-refractivity contribution in [2.24, 2.45) is 0 Å². The molecule has 0 saturated carbocycles. The first-order valence-corrected chi connectivity index (χ1v) is 13.5. The summed E-state index contributed by atoms with van der Waals surface area (Å²) in [5.41, 5.74) is 1.22. The molecule has 1 aromatic carbocycles. The van der Waals surface area contributed by atoms with E-state index in [1.54, 1.807) is 44.2 Å². The minimum Gasteiger partial charge on any atom is -0.497 e. The van der Waals surface area contributed by atoms with Crippen LogP contribution in [0.15, 0.2) is 29.5 Å². The second kappa shape index (κ2) is 13.1. The van der Waals surface area contributed by atoms with E-state index < -0.39 is 12.0 Å². The normalized spacial score (nSPS) is 18.8. The molecule has 1 saturated heterocycles. The van der Waals surface area contributed by atoms with Crippen LogP contribution in [0.3, 0.4) is 0 Å². The molecule has 2 aliphatic rings. The van der Waals surface area contributed by atoms with Crippen molar-refractivity contribution in [3.63, 3.8) is 0 Å². The summed E-state index contributed by atoms with van der Waals surface area (Å²) in [6, 6.07) is 4.09. The van der Waals surface area contributed by atoms with Crippen LogP contribution in [-0.2, 0) is 9.53 Å². The lowest BCUT2D eigenvalue weighted by Gasteiger charge is -2.38. The van der Waals surface area contributed by atoms with Gasteiger partial charge in [0.05, 0.1) is 32.4 Å². The Kier molecular flexibility index (Phi) is 10.1. The number of likely N-dealkylation sites (N-methyl/N-ethyl adjacent to an activating group) is 1. The summed E-state index contributed by atoms with van der Waals surface area (Å²) in [4.78, 5) is 45.2. The molecule has 1 aromatic rings. The molecule has 11 heteroatoms. The van der Waals surface area contributed by atoms with Crippen LogP contribution in [0.25, 0.3) is 0 Å². The zero-order chi connectivity index (χ0) is 28.7. The van der Waals surface area contributed by atoms with Crippen LogP contribution >= 0.6 is 0 Å². The van der Waals surface area contributed by atoms with E-state index in [4.69, 9.17) is 14.2 Å². The van der Waals surface area contributed by atoms with Crippen molar-refractivity contribution >= 4 is 18.0 Å². The van der Waals surface area contributed by atoms with Crippen molar-refractivity contribution < 1.29 is 28.6 Å². The summed E-state index contributed by atoms with van der Waals surface area (Å²) in [7, 11) is 3.10. The van der Waals surface area contributed by atoms with Crippen LogP contribution in [0, 0.1) is 0 Å². The Morgan fingerprint density at radius 1 is 1.08 bits per heavy atom. The van der Waals surface area contributed by atoms with E-state index in [-0.39, 0.29) is 24.2 Å². The van der Waals surface area contributed by atoms with Gasteiger partial charge in [-0.05, 0) is 59.2 Å². The summed E-state index contributed by atoms with van der Waals surface area (Å²) < 4.78 is 16.5. The van der Waals surface area contributed by atoms with Gasteiger partial charge in [-0.2, -0.15) is 0 Å². The van der Waals surface area contributed by atoms with Gasteiger partial charge < -0.3 is 29.7 Å². The summed E-state index contributed by atoms with van der Waals surface area (Å²) in [5.74, 6) is 0.591. The van der Waals surface area contributed by atoms with E-state index in [2.05, 4.69) is 15.5 Å². The molecule has 0 radical (unpaired) electrons. The van der Waals surface area contributed by atoms with Crippen LogP contribution < -0.4 is 20.1 Å². The summed E-state index contributed by atoms with van der Waals surface area (Å²) in [6.45, 7) is 12.9. The lowest BCUT2D eigenvalue weighted by molar-refractivity contribution is -0.139. The number of esters is 1. The summed E-state index contributed by atoms with van der Waals surface area (Å²) in [6.07, 6.45) is 0.769. The lowest BCUT2D eigenvalue weighted by Crippen LogP contribution is -2.51. The molecule has 2 aliphatic heterocycles. The van der Waals surface area contributed by atoms with Gasteiger partial charge in [-0.3, -0.25) is 9.80 Å². The maximum absolute atomic E-state index is 13.5. The number of hydrogen-bond acceptors (Lipinski definition) is 7. The SMILES string of the molecule is CCOC(=O)C1=C(CN2CCCN(C(=O)NC(C)(C)C)CC2)N(CC)C(=O)N[C@@H]1c1cc(OC)ccc1OC. The van der Waals surface area contributed by atoms with Gasteiger partial charge in [0, 0.05) is 56.1 Å². The molecule has 39 heavy (non-hydrogen) atoms. The number of methoxy groups -OCH3 is 2. The van der Waals surface area contributed by atoms with Crippen LogP contribution in [0.2, 0.25) is 0 Å². The Labute approximate surface area is 231 Å². The molecule has 0 aromatic heterocycles. The van der Waals surface area contributed by atoms with E-state index in [0.717, 1.165) is 6.42 Å². The smallest absolute Gasteiger partial charge is 0.338 e. The Balaban J connectivity index is 2.00. The minimum absolute atomic E-state index is 0.0896. The molecular formula is C28H43N5O6. The number of benzene rings is 1. The average Bonchev–Trinajstić information content (AvgIpc) is 3.13. The monoisotopic (exact) mass is 545 g/mol. The number of hydrogen-bond donors (Lipinski definition) is 2. The van der Waals surface area contributed by atoms with Crippen molar-refractivity contribution in [3.8, 4) is 11.5 Å². The maximum atomic E-state index is 13.5. The Hall–Kier alpha value is -3.47. The molecule has 0 aliphatic carbocycles. The molecule has 2 N–H and O–H groups in total. The van der Waals surface area contributed by atoms with E-state index in [0.29, 0.717) is 67.6 Å². The van der Waals surface area contributed by atoms with Crippen molar-refractivity contribution in [1.82, 2.24) is 25.3 Å².